The van der Waals surface area contributed by atoms with Gasteiger partial charge in [-0.25, -0.2) is 15.0 Å². The number of benzene rings is 6. The summed E-state index contributed by atoms with van der Waals surface area (Å²) in [5.74, 6) is 0.695. The van der Waals surface area contributed by atoms with Gasteiger partial charge in [0.2, 0.25) is 0 Å². The van der Waals surface area contributed by atoms with Gasteiger partial charge in [0.25, 0.3) is 0 Å². The molecule has 6 aromatic carbocycles. The molecule has 0 aliphatic carbocycles. The van der Waals surface area contributed by atoms with Gasteiger partial charge in [0.1, 0.15) is 0 Å². The molecule has 0 saturated heterocycles. The van der Waals surface area contributed by atoms with Gasteiger partial charge < -0.3 is 0 Å². The van der Waals surface area contributed by atoms with Crippen molar-refractivity contribution < 1.29 is 0 Å². The highest BCUT2D eigenvalue weighted by atomic mass is 14.9. The monoisotopic (exact) mass is 612 g/mol. The highest BCUT2D eigenvalue weighted by Gasteiger charge is 2.13. The molecule has 0 aliphatic heterocycles. The lowest BCUT2D eigenvalue weighted by atomic mass is 9.96. The minimum absolute atomic E-state index is 0.695. The fourth-order valence-electron chi connectivity index (χ4n) is 6.57. The van der Waals surface area contributed by atoms with E-state index >= 15 is 0 Å². The second kappa shape index (κ2) is 11.7. The van der Waals surface area contributed by atoms with Crippen LogP contribution in [0.2, 0.25) is 0 Å². The Bertz CT molecular complexity index is 2540. The third-order valence-electron chi connectivity index (χ3n) is 9.01. The Hall–Kier alpha value is -6.52. The molecule has 48 heavy (non-hydrogen) atoms. The van der Waals surface area contributed by atoms with Gasteiger partial charge in [-0.2, -0.15) is 0 Å². The van der Waals surface area contributed by atoms with Crippen LogP contribution in [0.5, 0.6) is 0 Å². The molecule has 0 atom stereocenters. The summed E-state index contributed by atoms with van der Waals surface area (Å²) in [6.45, 7) is 0. The zero-order chi connectivity index (χ0) is 31.9. The molecule has 0 amide bonds. The van der Waals surface area contributed by atoms with Crippen LogP contribution in [0.25, 0.3) is 88.7 Å². The van der Waals surface area contributed by atoms with Crippen molar-refractivity contribution >= 4 is 32.4 Å². The topological polar surface area (TPSA) is 51.6 Å². The summed E-state index contributed by atoms with van der Waals surface area (Å²) in [5.41, 5.74) is 10.1. The van der Waals surface area contributed by atoms with Gasteiger partial charge in [-0.15, -0.1) is 0 Å². The molecule has 0 bridgehead atoms. The summed E-state index contributed by atoms with van der Waals surface area (Å²) >= 11 is 0. The maximum atomic E-state index is 5.23. The van der Waals surface area contributed by atoms with Crippen molar-refractivity contribution in [3.8, 4) is 56.3 Å². The molecule has 0 radical (unpaired) electrons. The van der Waals surface area contributed by atoms with E-state index in [4.69, 9.17) is 15.0 Å². The second-order valence-electron chi connectivity index (χ2n) is 11.9. The summed E-state index contributed by atoms with van der Waals surface area (Å²) in [6.07, 6.45) is 3.63. The summed E-state index contributed by atoms with van der Waals surface area (Å²) in [4.78, 5) is 19.4. The van der Waals surface area contributed by atoms with Crippen LogP contribution in [-0.2, 0) is 0 Å². The van der Waals surface area contributed by atoms with Crippen LogP contribution in [-0.4, -0.2) is 19.9 Å². The second-order valence-corrected chi connectivity index (χ2v) is 11.9. The third-order valence-corrected chi connectivity index (χ3v) is 9.01. The predicted octanol–water partition coefficient (Wildman–Crippen LogP) is 11.1. The van der Waals surface area contributed by atoms with Crippen LogP contribution in [0.15, 0.2) is 170 Å². The van der Waals surface area contributed by atoms with Crippen molar-refractivity contribution in [3.05, 3.63) is 170 Å². The molecule has 0 unspecified atom stereocenters. The summed E-state index contributed by atoms with van der Waals surface area (Å²) < 4.78 is 0. The minimum Gasteiger partial charge on any atom is -0.265 e. The van der Waals surface area contributed by atoms with Gasteiger partial charge in [0.15, 0.2) is 5.82 Å². The first-order chi connectivity index (χ1) is 23.8. The van der Waals surface area contributed by atoms with Crippen molar-refractivity contribution in [2.24, 2.45) is 0 Å². The number of nitrogens with zero attached hydrogens (tertiary/aromatic N) is 4. The van der Waals surface area contributed by atoms with Crippen LogP contribution >= 0.6 is 0 Å². The molecular formula is C44H28N4. The molecule has 9 aromatic rings. The molecule has 0 aliphatic rings. The van der Waals surface area contributed by atoms with E-state index in [1.165, 1.54) is 26.9 Å². The SMILES string of the molecule is c1ccc(-c2nc(-c3ccc(-c4ccncc4)cc3)cc(-c3ccc(-c4ccc5c6ccccc6c6ccccc6c5n4)cc3)n2)cc1. The quantitative estimate of drug-likeness (QED) is 0.181. The lowest BCUT2D eigenvalue weighted by Crippen LogP contribution is -1.96. The average Bonchev–Trinajstić information content (AvgIpc) is 3.18. The maximum absolute atomic E-state index is 5.23. The van der Waals surface area contributed by atoms with E-state index in [1.807, 2.05) is 42.7 Å². The lowest BCUT2D eigenvalue weighted by Gasteiger charge is -2.12. The third kappa shape index (κ3) is 4.97. The minimum atomic E-state index is 0.695. The van der Waals surface area contributed by atoms with Gasteiger partial charge in [0, 0.05) is 45.4 Å². The van der Waals surface area contributed by atoms with Crippen molar-refractivity contribution in [2.45, 2.75) is 0 Å². The first-order valence-corrected chi connectivity index (χ1v) is 16.0. The highest BCUT2D eigenvalue weighted by molar-refractivity contribution is 6.24. The molecule has 9 rings (SSSR count). The molecule has 0 saturated carbocycles. The highest BCUT2D eigenvalue weighted by Crippen LogP contribution is 2.36. The average molecular weight is 613 g/mol. The van der Waals surface area contributed by atoms with Crippen LogP contribution in [0.4, 0.5) is 0 Å². The zero-order valence-corrected chi connectivity index (χ0v) is 26.0. The molecule has 224 valence electrons. The van der Waals surface area contributed by atoms with E-state index in [-0.39, 0.29) is 0 Å². The van der Waals surface area contributed by atoms with Crippen molar-refractivity contribution in [1.82, 2.24) is 19.9 Å². The standard InChI is InChI=1S/C44H28N4/c1-2-8-34(9-3-1)44-47-41(32-16-14-29(15-17-32)30-24-26-45-27-25-30)28-42(48-44)33-20-18-31(19-21-33)40-23-22-39-37-12-5-4-10-35(37)36-11-6-7-13-38(36)43(39)46-40/h1-28H. The largest absolute Gasteiger partial charge is 0.265 e. The molecule has 4 nitrogen and oxygen atoms in total. The lowest BCUT2D eigenvalue weighted by molar-refractivity contribution is 1.18. The molecule has 0 fully saturated rings. The Balaban J connectivity index is 1.11. The van der Waals surface area contributed by atoms with Gasteiger partial charge in [-0.05, 0) is 57.6 Å². The number of rotatable bonds is 5. The number of hydrogen-bond acceptors (Lipinski definition) is 4. The Morgan fingerprint density at radius 2 is 0.750 bits per heavy atom. The first kappa shape index (κ1) is 27.8. The molecule has 0 spiro atoms. The van der Waals surface area contributed by atoms with E-state index in [1.54, 1.807) is 0 Å². The van der Waals surface area contributed by atoms with E-state index in [9.17, 15) is 0 Å². The Morgan fingerprint density at radius 1 is 0.292 bits per heavy atom. The zero-order valence-electron chi connectivity index (χ0n) is 26.0. The van der Waals surface area contributed by atoms with Crippen LogP contribution in [0.1, 0.15) is 0 Å². The van der Waals surface area contributed by atoms with E-state index in [2.05, 4.69) is 132 Å². The number of fused-ring (bicyclic) bond motifs is 6. The van der Waals surface area contributed by atoms with Crippen LogP contribution < -0.4 is 0 Å². The van der Waals surface area contributed by atoms with E-state index < -0.39 is 0 Å². The first-order valence-electron chi connectivity index (χ1n) is 16.0. The molecular weight excluding hydrogens is 585 g/mol. The van der Waals surface area contributed by atoms with Gasteiger partial charge in [-0.1, -0.05) is 127 Å². The number of aromatic nitrogens is 4. The predicted molar refractivity (Wildman–Crippen MR) is 197 cm³/mol. The Morgan fingerprint density at radius 3 is 1.35 bits per heavy atom. The van der Waals surface area contributed by atoms with Crippen molar-refractivity contribution in [3.63, 3.8) is 0 Å². The smallest absolute Gasteiger partial charge is 0.160 e. The molecule has 3 heterocycles. The van der Waals surface area contributed by atoms with Crippen molar-refractivity contribution in [1.29, 1.82) is 0 Å². The fourth-order valence-corrected chi connectivity index (χ4v) is 6.57. The van der Waals surface area contributed by atoms with Gasteiger partial charge >= 0.3 is 0 Å². The molecule has 3 aromatic heterocycles. The summed E-state index contributed by atoms with van der Waals surface area (Å²) in [7, 11) is 0. The van der Waals surface area contributed by atoms with Gasteiger partial charge in [0.05, 0.1) is 22.6 Å². The molecule has 0 N–H and O–H groups in total. The normalized spacial score (nSPS) is 11.3. The number of pyridine rings is 2. The maximum Gasteiger partial charge on any atom is 0.160 e. The fraction of sp³-hybridized carbons (Fsp3) is 0. The van der Waals surface area contributed by atoms with Crippen LogP contribution in [0.3, 0.4) is 0 Å². The van der Waals surface area contributed by atoms with Gasteiger partial charge in [-0.3, -0.25) is 4.98 Å². The van der Waals surface area contributed by atoms with E-state index in [0.29, 0.717) is 5.82 Å². The summed E-state index contributed by atoms with van der Waals surface area (Å²) in [6, 6.07) is 54.8. The molecule has 4 heteroatoms. The number of hydrogen-bond donors (Lipinski definition) is 0. The Kier molecular flexibility index (Phi) is 6.76. The van der Waals surface area contributed by atoms with Crippen LogP contribution in [0, 0.1) is 0 Å². The van der Waals surface area contributed by atoms with Crippen molar-refractivity contribution in [2.75, 3.05) is 0 Å². The Labute approximate surface area is 278 Å². The van der Waals surface area contributed by atoms with E-state index in [0.717, 1.165) is 56.0 Å². The summed E-state index contributed by atoms with van der Waals surface area (Å²) in [5, 5.41) is 6.03.